The Bertz CT molecular complexity index is 1180. The first-order valence-corrected chi connectivity index (χ1v) is 10.6. The number of benzene rings is 3. The van der Waals surface area contributed by atoms with Gasteiger partial charge in [0.05, 0.1) is 5.56 Å². The Morgan fingerprint density at radius 1 is 1.19 bits per heavy atom. The van der Waals surface area contributed by atoms with E-state index in [1.165, 1.54) is 11.1 Å². The standard InChI is InChI=1S/C24H20BrN3O4/c1-2-13-32-17-10-7-15(8-11-17)23(30)27-28-22(19-14-16(25)9-12-21(19)29)26-20-6-4-3-5-18(20)24(28)31/h2-12,14,22,26,29H,1,13H2,(H,27,30). The van der Waals surface area contributed by atoms with Gasteiger partial charge in [-0.25, -0.2) is 5.01 Å². The Balaban J connectivity index is 1.66. The summed E-state index contributed by atoms with van der Waals surface area (Å²) < 4.78 is 6.16. The summed E-state index contributed by atoms with van der Waals surface area (Å²) in [5.41, 5.74) is 4.47. The van der Waals surface area contributed by atoms with Gasteiger partial charge >= 0.3 is 0 Å². The molecule has 0 radical (unpaired) electrons. The van der Waals surface area contributed by atoms with Crippen LogP contribution >= 0.6 is 15.9 Å². The topological polar surface area (TPSA) is 90.9 Å². The molecule has 8 heteroatoms. The SMILES string of the molecule is C=CCOc1ccc(C(=O)NN2C(=O)c3ccccc3NC2c2cc(Br)ccc2O)cc1. The van der Waals surface area contributed by atoms with Crippen molar-refractivity contribution >= 4 is 33.4 Å². The number of halogens is 1. The van der Waals surface area contributed by atoms with Crippen LogP contribution in [0.15, 0.2) is 83.9 Å². The molecule has 4 rings (SSSR count). The summed E-state index contributed by atoms with van der Waals surface area (Å²) in [6.07, 6.45) is 0.805. The van der Waals surface area contributed by atoms with Crippen LogP contribution in [-0.4, -0.2) is 28.5 Å². The van der Waals surface area contributed by atoms with Gasteiger partial charge in [-0.3, -0.25) is 15.0 Å². The van der Waals surface area contributed by atoms with E-state index < -0.39 is 18.0 Å². The lowest BCUT2D eigenvalue weighted by atomic mass is 10.0. The van der Waals surface area contributed by atoms with Crippen LogP contribution in [0.5, 0.6) is 11.5 Å². The molecule has 0 bridgehead atoms. The maximum Gasteiger partial charge on any atom is 0.276 e. The van der Waals surface area contributed by atoms with Gasteiger partial charge in [-0.05, 0) is 54.6 Å². The maximum atomic E-state index is 13.3. The van der Waals surface area contributed by atoms with E-state index >= 15 is 0 Å². The van der Waals surface area contributed by atoms with Crippen molar-refractivity contribution < 1.29 is 19.4 Å². The van der Waals surface area contributed by atoms with Crippen molar-refractivity contribution in [3.63, 3.8) is 0 Å². The van der Waals surface area contributed by atoms with Crippen molar-refractivity contribution in [2.45, 2.75) is 6.17 Å². The minimum absolute atomic E-state index is 0.0131. The van der Waals surface area contributed by atoms with Crippen molar-refractivity contribution in [3.05, 3.63) is 101 Å². The van der Waals surface area contributed by atoms with Gasteiger partial charge in [0.1, 0.15) is 18.1 Å². The molecule has 1 atom stereocenters. The molecule has 32 heavy (non-hydrogen) atoms. The molecule has 3 N–H and O–H groups in total. The molecule has 0 aromatic heterocycles. The number of ether oxygens (including phenoxy) is 1. The van der Waals surface area contributed by atoms with E-state index in [9.17, 15) is 14.7 Å². The van der Waals surface area contributed by atoms with Crippen LogP contribution in [0.25, 0.3) is 0 Å². The first kappa shape index (κ1) is 21.5. The number of para-hydroxylation sites is 1. The van der Waals surface area contributed by atoms with Crippen molar-refractivity contribution in [2.24, 2.45) is 0 Å². The number of anilines is 1. The third kappa shape index (κ3) is 4.31. The Kier molecular flexibility index (Phi) is 6.13. The number of nitrogens with one attached hydrogen (secondary N) is 2. The number of rotatable bonds is 6. The van der Waals surface area contributed by atoms with Crippen LogP contribution < -0.4 is 15.5 Å². The lowest BCUT2D eigenvalue weighted by molar-refractivity contribution is 0.0488. The summed E-state index contributed by atoms with van der Waals surface area (Å²) in [6, 6.07) is 18.5. The highest BCUT2D eigenvalue weighted by Gasteiger charge is 2.35. The third-order valence-corrected chi connectivity index (χ3v) is 5.41. The zero-order valence-electron chi connectivity index (χ0n) is 16.9. The quantitative estimate of drug-likeness (QED) is 0.435. The number of carbonyl (C=O) groups excluding carboxylic acids is 2. The Morgan fingerprint density at radius 2 is 1.94 bits per heavy atom. The van der Waals surface area contributed by atoms with Gasteiger partial charge in [-0.2, -0.15) is 0 Å². The molecule has 162 valence electrons. The second-order valence-corrected chi connectivity index (χ2v) is 7.95. The van der Waals surface area contributed by atoms with Crippen molar-refractivity contribution in [3.8, 4) is 11.5 Å². The van der Waals surface area contributed by atoms with Gasteiger partial charge in [0.15, 0.2) is 6.17 Å². The predicted octanol–water partition coefficient (Wildman–Crippen LogP) is 4.63. The number of nitrogens with zero attached hydrogens (tertiary/aromatic N) is 1. The molecule has 1 aliphatic rings. The molecule has 7 nitrogen and oxygen atoms in total. The number of aromatic hydroxyl groups is 1. The molecule has 0 aliphatic carbocycles. The summed E-state index contributed by atoms with van der Waals surface area (Å²) in [5.74, 6) is -0.291. The van der Waals surface area contributed by atoms with E-state index in [0.29, 0.717) is 34.7 Å². The number of phenolic OH excluding ortho intramolecular Hbond substituents is 1. The third-order valence-electron chi connectivity index (χ3n) is 4.92. The number of amides is 2. The van der Waals surface area contributed by atoms with Gasteiger partial charge in [0.25, 0.3) is 11.8 Å². The highest BCUT2D eigenvalue weighted by molar-refractivity contribution is 9.10. The zero-order valence-corrected chi connectivity index (χ0v) is 18.5. The fraction of sp³-hybridized carbons (Fsp3) is 0.0833. The highest BCUT2D eigenvalue weighted by atomic mass is 79.9. The highest BCUT2D eigenvalue weighted by Crippen LogP contribution is 2.36. The Hall–Kier alpha value is -3.78. The van der Waals surface area contributed by atoms with Gasteiger partial charge < -0.3 is 15.2 Å². The van der Waals surface area contributed by atoms with Crippen LogP contribution in [-0.2, 0) is 0 Å². The fourth-order valence-corrected chi connectivity index (χ4v) is 3.74. The predicted molar refractivity (Wildman–Crippen MR) is 124 cm³/mol. The Labute approximate surface area is 193 Å². The zero-order chi connectivity index (χ0) is 22.7. The summed E-state index contributed by atoms with van der Waals surface area (Å²) in [5, 5.41) is 14.9. The molecule has 1 aliphatic heterocycles. The lowest BCUT2D eigenvalue weighted by Gasteiger charge is -2.38. The number of hydrazine groups is 1. The first-order chi connectivity index (χ1) is 15.5. The van der Waals surface area contributed by atoms with E-state index in [0.717, 1.165) is 4.47 Å². The van der Waals surface area contributed by atoms with Crippen molar-refractivity contribution in [1.29, 1.82) is 0 Å². The monoisotopic (exact) mass is 493 g/mol. The first-order valence-electron chi connectivity index (χ1n) is 9.80. The number of fused-ring (bicyclic) bond motifs is 1. The van der Waals surface area contributed by atoms with Gasteiger partial charge in [0.2, 0.25) is 0 Å². The van der Waals surface area contributed by atoms with E-state index in [2.05, 4.69) is 33.3 Å². The molecule has 3 aromatic rings. The molecule has 0 spiro atoms. The van der Waals surface area contributed by atoms with Crippen molar-refractivity contribution in [2.75, 3.05) is 11.9 Å². The molecule has 0 fully saturated rings. The van der Waals surface area contributed by atoms with E-state index in [1.54, 1.807) is 66.7 Å². The van der Waals surface area contributed by atoms with Crippen LogP contribution in [0.1, 0.15) is 32.4 Å². The summed E-state index contributed by atoms with van der Waals surface area (Å²) >= 11 is 3.39. The summed E-state index contributed by atoms with van der Waals surface area (Å²) in [6.45, 7) is 3.96. The van der Waals surface area contributed by atoms with Gasteiger partial charge in [0, 0.05) is 21.3 Å². The second-order valence-electron chi connectivity index (χ2n) is 7.04. The van der Waals surface area contributed by atoms with E-state index in [-0.39, 0.29) is 5.75 Å². The van der Waals surface area contributed by atoms with Gasteiger partial charge in [-0.1, -0.05) is 40.7 Å². The average molecular weight is 494 g/mol. The molecule has 1 heterocycles. The second kappa shape index (κ2) is 9.15. The summed E-state index contributed by atoms with van der Waals surface area (Å²) in [4.78, 5) is 26.2. The number of phenols is 1. The minimum atomic E-state index is -0.825. The van der Waals surface area contributed by atoms with Crippen LogP contribution in [0.4, 0.5) is 5.69 Å². The van der Waals surface area contributed by atoms with Crippen LogP contribution in [0.2, 0.25) is 0 Å². The molecule has 0 saturated heterocycles. The molecule has 0 saturated carbocycles. The average Bonchev–Trinajstić information content (AvgIpc) is 2.81. The largest absolute Gasteiger partial charge is 0.508 e. The number of hydrogen-bond donors (Lipinski definition) is 3. The molecular formula is C24H20BrN3O4. The maximum absolute atomic E-state index is 13.3. The van der Waals surface area contributed by atoms with E-state index in [4.69, 9.17) is 4.74 Å². The number of carbonyl (C=O) groups is 2. The van der Waals surface area contributed by atoms with Crippen LogP contribution in [0.3, 0.4) is 0 Å². The molecular weight excluding hydrogens is 474 g/mol. The smallest absolute Gasteiger partial charge is 0.276 e. The Morgan fingerprint density at radius 3 is 2.69 bits per heavy atom. The molecule has 3 aromatic carbocycles. The fourth-order valence-electron chi connectivity index (χ4n) is 3.36. The molecule has 1 unspecified atom stereocenters. The van der Waals surface area contributed by atoms with Crippen molar-refractivity contribution in [1.82, 2.24) is 10.4 Å². The minimum Gasteiger partial charge on any atom is -0.508 e. The lowest BCUT2D eigenvalue weighted by Crippen LogP contribution is -2.52. The summed E-state index contributed by atoms with van der Waals surface area (Å²) in [7, 11) is 0. The van der Waals surface area contributed by atoms with Crippen LogP contribution in [0, 0.1) is 0 Å². The number of hydrogen-bond acceptors (Lipinski definition) is 5. The van der Waals surface area contributed by atoms with E-state index in [1.807, 2.05) is 0 Å². The normalized spacial score (nSPS) is 14.8. The van der Waals surface area contributed by atoms with Gasteiger partial charge in [-0.15, -0.1) is 0 Å². The molecule has 2 amide bonds.